The van der Waals surface area contributed by atoms with E-state index >= 15 is 0 Å². The molecule has 0 unspecified atom stereocenters. The van der Waals surface area contributed by atoms with Crippen LogP contribution in [-0.4, -0.2) is 27.8 Å². The summed E-state index contributed by atoms with van der Waals surface area (Å²) in [5.74, 6) is 0. The Morgan fingerprint density at radius 1 is 1.42 bits per heavy atom. The Morgan fingerprint density at radius 2 is 2.17 bits per heavy atom. The SMILES string of the molecule is Cn1nccc1CN1CCCC1. The van der Waals surface area contributed by atoms with Crippen molar-refractivity contribution in [3.05, 3.63) is 18.0 Å². The third-order valence-corrected chi connectivity index (χ3v) is 2.51. The minimum Gasteiger partial charge on any atom is -0.298 e. The van der Waals surface area contributed by atoms with Gasteiger partial charge in [-0.3, -0.25) is 9.58 Å². The van der Waals surface area contributed by atoms with Gasteiger partial charge in [0.25, 0.3) is 0 Å². The number of hydrogen-bond donors (Lipinski definition) is 0. The maximum absolute atomic E-state index is 4.15. The fourth-order valence-electron chi connectivity index (χ4n) is 1.73. The highest BCUT2D eigenvalue weighted by Gasteiger charge is 2.12. The largest absolute Gasteiger partial charge is 0.298 e. The van der Waals surface area contributed by atoms with Gasteiger partial charge in [0.2, 0.25) is 0 Å². The van der Waals surface area contributed by atoms with Gasteiger partial charge in [-0.2, -0.15) is 5.10 Å². The molecule has 1 fully saturated rings. The Balaban J connectivity index is 1.98. The van der Waals surface area contributed by atoms with Crippen LogP contribution in [0.3, 0.4) is 0 Å². The van der Waals surface area contributed by atoms with Crippen molar-refractivity contribution >= 4 is 0 Å². The minimum atomic E-state index is 1.07. The first kappa shape index (κ1) is 7.80. The van der Waals surface area contributed by atoms with E-state index in [4.69, 9.17) is 0 Å². The third-order valence-electron chi connectivity index (χ3n) is 2.51. The first-order valence-electron chi connectivity index (χ1n) is 4.55. The highest BCUT2D eigenvalue weighted by Crippen LogP contribution is 2.11. The van der Waals surface area contributed by atoms with Crippen LogP contribution in [0.1, 0.15) is 18.5 Å². The molecule has 0 saturated carbocycles. The molecule has 66 valence electrons. The molecular formula is C9H15N3. The van der Waals surface area contributed by atoms with Crippen LogP contribution in [0.5, 0.6) is 0 Å². The quantitative estimate of drug-likeness (QED) is 0.652. The van der Waals surface area contributed by atoms with Gasteiger partial charge in [-0.05, 0) is 32.0 Å². The first-order chi connectivity index (χ1) is 5.86. The highest BCUT2D eigenvalue weighted by atomic mass is 15.3. The fourth-order valence-corrected chi connectivity index (χ4v) is 1.73. The molecule has 1 aliphatic heterocycles. The second-order valence-electron chi connectivity index (χ2n) is 3.43. The smallest absolute Gasteiger partial charge is 0.0521 e. The van der Waals surface area contributed by atoms with Crippen molar-refractivity contribution in [2.24, 2.45) is 7.05 Å². The van der Waals surface area contributed by atoms with Gasteiger partial charge in [0, 0.05) is 19.8 Å². The molecule has 3 nitrogen and oxygen atoms in total. The van der Waals surface area contributed by atoms with Gasteiger partial charge in [-0.25, -0.2) is 0 Å². The van der Waals surface area contributed by atoms with Crippen LogP contribution < -0.4 is 0 Å². The molecule has 0 N–H and O–H groups in total. The van der Waals surface area contributed by atoms with Gasteiger partial charge >= 0.3 is 0 Å². The predicted octanol–water partition coefficient (Wildman–Crippen LogP) is 1.02. The van der Waals surface area contributed by atoms with Crippen LogP contribution in [-0.2, 0) is 13.6 Å². The molecule has 3 heteroatoms. The summed E-state index contributed by atoms with van der Waals surface area (Å²) in [4.78, 5) is 2.48. The lowest BCUT2D eigenvalue weighted by Crippen LogP contribution is -2.20. The van der Waals surface area contributed by atoms with Crippen LogP contribution in [0.4, 0.5) is 0 Å². The zero-order valence-corrected chi connectivity index (χ0v) is 7.53. The molecule has 1 saturated heterocycles. The van der Waals surface area contributed by atoms with E-state index in [1.165, 1.54) is 31.6 Å². The second-order valence-corrected chi connectivity index (χ2v) is 3.43. The van der Waals surface area contributed by atoms with Crippen molar-refractivity contribution in [3.63, 3.8) is 0 Å². The first-order valence-corrected chi connectivity index (χ1v) is 4.55. The van der Waals surface area contributed by atoms with E-state index in [1.54, 1.807) is 0 Å². The molecule has 0 spiro atoms. The normalized spacial score (nSPS) is 18.8. The fraction of sp³-hybridized carbons (Fsp3) is 0.667. The Morgan fingerprint density at radius 3 is 2.75 bits per heavy atom. The predicted molar refractivity (Wildman–Crippen MR) is 47.7 cm³/mol. The molecule has 0 aliphatic carbocycles. The molecular weight excluding hydrogens is 150 g/mol. The summed E-state index contributed by atoms with van der Waals surface area (Å²) in [6, 6.07) is 2.10. The zero-order valence-electron chi connectivity index (χ0n) is 7.53. The van der Waals surface area contributed by atoms with Crippen molar-refractivity contribution in [3.8, 4) is 0 Å². The van der Waals surface area contributed by atoms with Crippen molar-refractivity contribution in [1.29, 1.82) is 0 Å². The topological polar surface area (TPSA) is 21.1 Å². The van der Waals surface area contributed by atoms with E-state index in [0.717, 1.165) is 6.54 Å². The molecule has 1 aromatic rings. The van der Waals surface area contributed by atoms with E-state index < -0.39 is 0 Å². The Hall–Kier alpha value is -0.830. The van der Waals surface area contributed by atoms with Gasteiger partial charge in [0.1, 0.15) is 0 Å². The summed E-state index contributed by atoms with van der Waals surface area (Å²) in [6.07, 6.45) is 4.58. The summed E-state index contributed by atoms with van der Waals surface area (Å²) in [6.45, 7) is 3.58. The number of nitrogens with zero attached hydrogens (tertiary/aromatic N) is 3. The van der Waals surface area contributed by atoms with E-state index in [1.807, 2.05) is 17.9 Å². The van der Waals surface area contributed by atoms with Crippen LogP contribution in [0.25, 0.3) is 0 Å². The standard InChI is InChI=1S/C9H15N3/c1-11-9(4-5-10-11)8-12-6-2-3-7-12/h4-5H,2-3,6-8H2,1H3. The summed E-state index contributed by atoms with van der Waals surface area (Å²) < 4.78 is 1.96. The average molecular weight is 165 g/mol. The van der Waals surface area contributed by atoms with E-state index in [9.17, 15) is 0 Å². The molecule has 0 radical (unpaired) electrons. The van der Waals surface area contributed by atoms with Crippen molar-refractivity contribution in [2.75, 3.05) is 13.1 Å². The number of aryl methyl sites for hydroxylation is 1. The molecule has 1 aromatic heterocycles. The monoisotopic (exact) mass is 165 g/mol. The highest BCUT2D eigenvalue weighted by molar-refractivity contribution is 4.99. The number of likely N-dealkylation sites (tertiary alicyclic amines) is 1. The van der Waals surface area contributed by atoms with E-state index in [-0.39, 0.29) is 0 Å². The Bertz CT molecular complexity index is 248. The lowest BCUT2D eigenvalue weighted by atomic mass is 10.4. The summed E-state index contributed by atoms with van der Waals surface area (Å²) in [5.41, 5.74) is 1.32. The van der Waals surface area contributed by atoms with E-state index in [2.05, 4.69) is 16.1 Å². The second kappa shape index (κ2) is 3.27. The maximum atomic E-state index is 4.15. The summed E-state index contributed by atoms with van der Waals surface area (Å²) in [7, 11) is 2.01. The van der Waals surface area contributed by atoms with Crippen LogP contribution >= 0.6 is 0 Å². The number of aromatic nitrogens is 2. The number of hydrogen-bond acceptors (Lipinski definition) is 2. The van der Waals surface area contributed by atoms with E-state index in [0.29, 0.717) is 0 Å². The van der Waals surface area contributed by atoms with Gasteiger partial charge in [0.05, 0.1) is 5.69 Å². The van der Waals surface area contributed by atoms with Crippen LogP contribution in [0.15, 0.2) is 12.3 Å². The van der Waals surface area contributed by atoms with Gasteiger partial charge in [0.15, 0.2) is 0 Å². The molecule has 1 aliphatic rings. The van der Waals surface area contributed by atoms with Gasteiger partial charge < -0.3 is 0 Å². The molecule has 0 atom stereocenters. The van der Waals surface area contributed by atoms with Crippen molar-refractivity contribution in [1.82, 2.24) is 14.7 Å². The molecule has 2 heterocycles. The van der Waals surface area contributed by atoms with Crippen LogP contribution in [0, 0.1) is 0 Å². The van der Waals surface area contributed by atoms with Crippen molar-refractivity contribution in [2.45, 2.75) is 19.4 Å². The third kappa shape index (κ3) is 1.50. The summed E-state index contributed by atoms with van der Waals surface area (Å²) >= 11 is 0. The Labute approximate surface area is 73.0 Å². The lowest BCUT2D eigenvalue weighted by molar-refractivity contribution is 0.321. The zero-order chi connectivity index (χ0) is 8.39. The average Bonchev–Trinajstić information content (AvgIpc) is 2.65. The van der Waals surface area contributed by atoms with Crippen LogP contribution in [0.2, 0.25) is 0 Å². The summed E-state index contributed by atoms with van der Waals surface area (Å²) in [5, 5.41) is 4.15. The molecule has 2 rings (SSSR count). The Kier molecular flexibility index (Phi) is 2.13. The van der Waals surface area contributed by atoms with Gasteiger partial charge in [-0.1, -0.05) is 0 Å². The molecule has 0 amide bonds. The molecule has 0 aromatic carbocycles. The van der Waals surface area contributed by atoms with Gasteiger partial charge in [-0.15, -0.1) is 0 Å². The molecule has 12 heavy (non-hydrogen) atoms. The number of rotatable bonds is 2. The van der Waals surface area contributed by atoms with Crippen molar-refractivity contribution < 1.29 is 0 Å². The lowest BCUT2D eigenvalue weighted by Gasteiger charge is -2.13. The maximum Gasteiger partial charge on any atom is 0.0521 e. The molecule has 0 bridgehead atoms. The minimum absolute atomic E-state index is 1.07.